The van der Waals surface area contributed by atoms with E-state index in [4.69, 9.17) is 4.74 Å². The highest BCUT2D eigenvalue weighted by Crippen LogP contribution is 2.23. The molecular weight excluding hydrogens is 456 g/mol. The second kappa shape index (κ2) is 12.5. The summed E-state index contributed by atoms with van der Waals surface area (Å²) in [6, 6.07) is 14.0. The van der Waals surface area contributed by atoms with E-state index in [1.54, 1.807) is 55.6 Å². The number of methoxy groups -OCH3 is 1. The highest BCUT2D eigenvalue weighted by molar-refractivity contribution is 6.10. The summed E-state index contributed by atoms with van der Waals surface area (Å²) in [6.45, 7) is 3.44. The third kappa shape index (κ3) is 6.85. The Morgan fingerprint density at radius 2 is 1.53 bits per heavy atom. The molecule has 2 N–H and O–H groups in total. The number of ether oxygens (including phenoxy) is 1. The number of piperidine rings is 1. The molecule has 8 nitrogen and oxygen atoms in total. The molecule has 2 aliphatic heterocycles. The molecule has 192 valence electrons. The Morgan fingerprint density at radius 1 is 0.861 bits per heavy atom. The van der Waals surface area contributed by atoms with E-state index in [9.17, 15) is 14.4 Å². The van der Waals surface area contributed by atoms with Crippen LogP contribution in [0.1, 0.15) is 48.9 Å². The lowest BCUT2D eigenvalue weighted by Crippen LogP contribution is -2.44. The SMILES string of the molecule is COc1ccc(NC(=O)c2ccccc2NC(=O)CN2CCC(C(=O)N3CCCCCC3)CC2)cc1. The van der Waals surface area contributed by atoms with E-state index in [0.717, 1.165) is 51.9 Å². The lowest BCUT2D eigenvalue weighted by Gasteiger charge is -2.33. The smallest absolute Gasteiger partial charge is 0.257 e. The largest absolute Gasteiger partial charge is 0.497 e. The summed E-state index contributed by atoms with van der Waals surface area (Å²) >= 11 is 0. The minimum absolute atomic E-state index is 0.0600. The molecular formula is C28H36N4O4. The number of hydrogen-bond donors (Lipinski definition) is 2. The van der Waals surface area contributed by atoms with E-state index in [1.807, 2.05) is 4.90 Å². The first-order chi connectivity index (χ1) is 17.5. The number of carbonyl (C=O) groups is 3. The Balaban J connectivity index is 1.28. The maximum absolute atomic E-state index is 12.9. The van der Waals surface area contributed by atoms with Gasteiger partial charge in [0.05, 0.1) is 24.9 Å². The summed E-state index contributed by atoms with van der Waals surface area (Å²) in [6.07, 6.45) is 6.19. The number of hydrogen-bond acceptors (Lipinski definition) is 5. The minimum atomic E-state index is -0.302. The van der Waals surface area contributed by atoms with Gasteiger partial charge in [0.2, 0.25) is 11.8 Å². The topological polar surface area (TPSA) is 91.0 Å². The minimum Gasteiger partial charge on any atom is -0.497 e. The third-order valence-corrected chi connectivity index (χ3v) is 7.02. The molecule has 3 amide bonds. The fourth-order valence-electron chi connectivity index (χ4n) is 4.94. The van der Waals surface area contributed by atoms with Gasteiger partial charge in [0, 0.05) is 24.7 Å². The van der Waals surface area contributed by atoms with E-state index >= 15 is 0 Å². The first-order valence-corrected chi connectivity index (χ1v) is 12.9. The molecule has 0 radical (unpaired) electrons. The highest BCUT2D eigenvalue weighted by Gasteiger charge is 2.29. The monoisotopic (exact) mass is 492 g/mol. The van der Waals surface area contributed by atoms with Crippen molar-refractivity contribution in [3.63, 3.8) is 0 Å². The number of amides is 3. The molecule has 0 unspecified atom stereocenters. The summed E-state index contributed by atoms with van der Waals surface area (Å²) in [7, 11) is 1.59. The number of likely N-dealkylation sites (tertiary alicyclic amines) is 2. The van der Waals surface area contributed by atoms with Crippen molar-refractivity contribution >= 4 is 29.1 Å². The average molecular weight is 493 g/mol. The van der Waals surface area contributed by atoms with Gasteiger partial charge < -0.3 is 20.3 Å². The normalized spacial score (nSPS) is 17.2. The van der Waals surface area contributed by atoms with Crippen LogP contribution in [-0.2, 0) is 9.59 Å². The van der Waals surface area contributed by atoms with Crippen molar-refractivity contribution in [1.82, 2.24) is 9.80 Å². The van der Waals surface area contributed by atoms with Crippen LogP contribution >= 0.6 is 0 Å². The van der Waals surface area contributed by atoms with Gasteiger partial charge in [-0.1, -0.05) is 25.0 Å². The molecule has 0 aromatic heterocycles. The van der Waals surface area contributed by atoms with Crippen LogP contribution in [0, 0.1) is 5.92 Å². The molecule has 8 heteroatoms. The standard InChI is InChI=1S/C28H36N4O4/c1-36-23-12-10-22(11-13-23)29-27(34)24-8-4-5-9-25(24)30-26(33)20-31-18-14-21(15-19-31)28(35)32-16-6-2-3-7-17-32/h4-5,8-13,21H,2-3,6-7,14-20H2,1H3,(H,29,34)(H,30,33). The highest BCUT2D eigenvalue weighted by atomic mass is 16.5. The third-order valence-electron chi connectivity index (χ3n) is 7.02. The van der Waals surface area contributed by atoms with Gasteiger partial charge in [-0.2, -0.15) is 0 Å². The second-order valence-electron chi connectivity index (χ2n) is 9.57. The lowest BCUT2D eigenvalue weighted by molar-refractivity contribution is -0.137. The summed E-state index contributed by atoms with van der Waals surface area (Å²) in [5, 5.41) is 5.76. The molecule has 2 saturated heterocycles. The van der Waals surface area contributed by atoms with Gasteiger partial charge in [0.1, 0.15) is 5.75 Å². The molecule has 36 heavy (non-hydrogen) atoms. The second-order valence-corrected chi connectivity index (χ2v) is 9.57. The van der Waals surface area contributed by atoms with Crippen LogP contribution in [-0.4, -0.2) is 67.4 Å². The number of anilines is 2. The Hall–Kier alpha value is -3.39. The molecule has 2 aromatic carbocycles. The van der Waals surface area contributed by atoms with Crippen LogP contribution in [0.3, 0.4) is 0 Å². The number of nitrogens with zero attached hydrogens (tertiary/aromatic N) is 2. The van der Waals surface area contributed by atoms with E-state index in [-0.39, 0.29) is 30.2 Å². The summed E-state index contributed by atoms with van der Waals surface area (Å²) in [4.78, 5) is 42.7. The fourth-order valence-corrected chi connectivity index (χ4v) is 4.94. The summed E-state index contributed by atoms with van der Waals surface area (Å²) in [5.74, 6) is 0.583. The van der Waals surface area contributed by atoms with Gasteiger partial charge in [-0.15, -0.1) is 0 Å². The first kappa shape index (κ1) is 25.7. The zero-order chi connectivity index (χ0) is 25.3. The number of carbonyl (C=O) groups excluding carboxylic acids is 3. The molecule has 2 fully saturated rings. The molecule has 0 saturated carbocycles. The van der Waals surface area contributed by atoms with E-state index in [0.29, 0.717) is 22.7 Å². The quantitative estimate of drug-likeness (QED) is 0.610. The molecule has 0 bridgehead atoms. The molecule has 0 aliphatic carbocycles. The van der Waals surface area contributed by atoms with Gasteiger partial charge in [-0.05, 0) is 75.2 Å². The van der Waals surface area contributed by atoms with Crippen LogP contribution in [0.25, 0.3) is 0 Å². The Morgan fingerprint density at radius 3 is 2.19 bits per heavy atom. The summed E-state index contributed by atoms with van der Waals surface area (Å²) < 4.78 is 5.15. The Kier molecular flexibility index (Phi) is 8.95. The maximum atomic E-state index is 12.9. The van der Waals surface area contributed by atoms with Gasteiger partial charge in [-0.25, -0.2) is 0 Å². The van der Waals surface area contributed by atoms with Crippen molar-refractivity contribution in [3.05, 3.63) is 54.1 Å². The molecule has 4 rings (SSSR count). The first-order valence-electron chi connectivity index (χ1n) is 12.9. The van der Waals surface area contributed by atoms with Crippen LogP contribution in [0.2, 0.25) is 0 Å². The zero-order valence-electron chi connectivity index (χ0n) is 21.0. The van der Waals surface area contributed by atoms with Crippen molar-refractivity contribution in [3.8, 4) is 5.75 Å². The number of nitrogens with one attached hydrogen (secondary N) is 2. The molecule has 2 heterocycles. The molecule has 2 aliphatic rings. The number of benzene rings is 2. The molecule has 0 spiro atoms. The van der Waals surface area contributed by atoms with Crippen molar-refractivity contribution in [1.29, 1.82) is 0 Å². The number of para-hydroxylation sites is 1. The van der Waals surface area contributed by atoms with Gasteiger partial charge >= 0.3 is 0 Å². The van der Waals surface area contributed by atoms with Gasteiger partial charge in [-0.3, -0.25) is 19.3 Å². The van der Waals surface area contributed by atoms with Crippen LogP contribution in [0.15, 0.2) is 48.5 Å². The number of rotatable bonds is 7. The van der Waals surface area contributed by atoms with E-state index < -0.39 is 0 Å². The van der Waals surface area contributed by atoms with Crippen LogP contribution < -0.4 is 15.4 Å². The Bertz CT molecular complexity index is 1040. The van der Waals surface area contributed by atoms with Crippen molar-refractivity contribution < 1.29 is 19.1 Å². The van der Waals surface area contributed by atoms with Crippen molar-refractivity contribution in [2.75, 3.05) is 50.5 Å². The van der Waals surface area contributed by atoms with Crippen LogP contribution in [0.4, 0.5) is 11.4 Å². The summed E-state index contributed by atoms with van der Waals surface area (Å²) in [5.41, 5.74) is 1.50. The predicted octanol–water partition coefficient (Wildman–Crippen LogP) is 4.00. The van der Waals surface area contributed by atoms with Gasteiger partial charge in [0.15, 0.2) is 0 Å². The lowest BCUT2D eigenvalue weighted by atomic mass is 9.95. The average Bonchev–Trinajstić information content (AvgIpc) is 3.19. The van der Waals surface area contributed by atoms with Crippen molar-refractivity contribution in [2.45, 2.75) is 38.5 Å². The molecule has 0 atom stereocenters. The zero-order valence-corrected chi connectivity index (χ0v) is 21.0. The van der Waals surface area contributed by atoms with E-state index in [1.165, 1.54) is 12.8 Å². The molecule has 2 aromatic rings. The van der Waals surface area contributed by atoms with Crippen LogP contribution in [0.5, 0.6) is 5.75 Å². The van der Waals surface area contributed by atoms with E-state index in [2.05, 4.69) is 15.5 Å². The fraction of sp³-hybridized carbons (Fsp3) is 0.464. The van der Waals surface area contributed by atoms with Gasteiger partial charge in [0.25, 0.3) is 5.91 Å². The maximum Gasteiger partial charge on any atom is 0.257 e. The van der Waals surface area contributed by atoms with Crippen molar-refractivity contribution in [2.24, 2.45) is 5.92 Å². The predicted molar refractivity (Wildman–Crippen MR) is 140 cm³/mol. The Labute approximate surface area is 213 Å².